The number of esters is 1. The molecule has 7 heteroatoms. The highest BCUT2D eigenvalue weighted by molar-refractivity contribution is 5.77. The Morgan fingerprint density at radius 1 is 1.30 bits per heavy atom. The smallest absolute Gasteiger partial charge is 0.416 e. The van der Waals surface area contributed by atoms with E-state index < -0.39 is 28.4 Å². The molecule has 0 aliphatic carbocycles. The van der Waals surface area contributed by atoms with Gasteiger partial charge in [0.05, 0.1) is 42.0 Å². The zero-order valence-corrected chi connectivity index (χ0v) is 16.0. The van der Waals surface area contributed by atoms with Crippen molar-refractivity contribution in [1.29, 1.82) is 0 Å². The first kappa shape index (κ1) is 20.1. The molecule has 27 heavy (non-hydrogen) atoms. The first-order valence-corrected chi connectivity index (χ1v) is 9.00. The van der Waals surface area contributed by atoms with Crippen molar-refractivity contribution >= 4 is 5.97 Å². The van der Waals surface area contributed by atoms with Crippen molar-refractivity contribution in [2.45, 2.75) is 70.1 Å². The molecule has 2 bridgehead atoms. The van der Waals surface area contributed by atoms with Crippen LogP contribution in [0.2, 0.25) is 0 Å². The zero-order chi connectivity index (χ0) is 20.1. The van der Waals surface area contributed by atoms with Gasteiger partial charge in [0.1, 0.15) is 0 Å². The Hall–Kier alpha value is -1.60. The molecule has 3 rings (SSSR count). The van der Waals surface area contributed by atoms with Crippen LogP contribution in [0.25, 0.3) is 0 Å². The molecule has 150 valence electrons. The highest BCUT2D eigenvalue weighted by Gasteiger charge is 2.67. The molecule has 0 radical (unpaired) electrons. The molecule has 2 fully saturated rings. The summed E-state index contributed by atoms with van der Waals surface area (Å²) in [4.78, 5) is 12.3. The lowest BCUT2D eigenvalue weighted by atomic mass is 9.67. The Balaban J connectivity index is 1.74. The van der Waals surface area contributed by atoms with Crippen molar-refractivity contribution in [3.8, 4) is 0 Å². The van der Waals surface area contributed by atoms with Crippen LogP contribution in [0.5, 0.6) is 0 Å². The molecule has 2 aliphatic heterocycles. The fourth-order valence-electron chi connectivity index (χ4n) is 4.29. The molecule has 2 aliphatic rings. The third-order valence-corrected chi connectivity index (χ3v) is 6.19. The second kappa shape index (κ2) is 6.48. The lowest BCUT2D eigenvalue weighted by Crippen LogP contribution is -2.49. The van der Waals surface area contributed by atoms with Gasteiger partial charge in [0.15, 0.2) is 0 Å². The normalized spacial score (nSPS) is 30.6. The van der Waals surface area contributed by atoms with E-state index in [2.05, 4.69) is 0 Å². The molecule has 2 heterocycles. The van der Waals surface area contributed by atoms with Gasteiger partial charge in [-0.15, -0.1) is 0 Å². The molecule has 1 aromatic rings. The molecular weight excluding hydrogens is 361 g/mol. The fraction of sp³-hybridized carbons (Fsp3) is 0.650. The summed E-state index contributed by atoms with van der Waals surface area (Å²) in [6.07, 6.45) is -2.74. The molecule has 0 saturated carbocycles. The summed E-state index contributed by atoms with van der Waals surface area (Å²) in [7, 11) is 1.35. The SMILES string of the molecule is COC(=O)C(C)(C)[C@@]12CC[C@@](C)(O1)[C@@H](OCc1cccc(C(F)(F)F)c1)C2. The minimum atomic E-state index is -4.38. The van der Waals surface area contributed by atoms with Gasteiger partial charge < -0.3 is 14.2 Å². The summed E-state index contributed by atoms with van der Waals surface area (Å²) < 4.78 is 55.9. The monoisotopic (exact) mass is 386 g/mol. The van der Waals surface area contributed by atoms with Crippen LogP contribution in [-0.4, -0.2) is 30.4 Å². The van der Waals surface area contributed by atoms with Gasteiger partial charge in [-0.1, -0.05) is 12.1 Å². The number of benzene rings is 1. The minimum Gasteiger partial charge on any atom is -0.469 e. The maximum atomic E-state index is 12.9. The minimum absolute atomic E-state index is 0.0578. The third kappa shape index (κ3) is 3.36. The summed E-state index contributed by atoms with van der Waals surface area (Å²) in [6.45, 7) is 5.60. The summed E-state index contributed by atoms with van der Waals surface area (Å²) in [5, 5.41) is 0. The standard InChI is InChI=1S/C20H25F3O4/c1-17(2,16(24)25-4)19-9-8-18(3,27-19)15(11-19)26-12-13-6-5-7-14(10-13)20(21,22)23/h5-7,10,15H,8-9,11-12H2,1-4H3/t15-,18+,19-/m0/s1. The maximum Gasteiger partial charge on any atom is 0.416 e. The molecule has 0 aromatic heterocycles. The van der Waals surface area contributed by atoms with E-state index in [1.54, 1.807) is 19.9 Å². The van der Waals surface area contributed by atoms with Gasteiger partial charge in [0.25, 0.3) is 0 Å². The van der Waals surface area contributed by atoms with Gasteiger partial charge >= 0.3 is 12.1 Å². The second-order valence-corrected chi connectivity index (χ2v) is 8.23. The number of alkyl halides is 3. The molecule has 1 aromatic carbocycles. The molecule has 2 saturated heterocycles. The van der Waals surface area contributed by atoms with Crippen molar-refractivity contribution in [1.82, 2.24) is 0 Å². The van der Waals surface area contributed by atoms with Crippen molar-refractivity contribution in [2.24, 2.45) is 5.41 Å². The lowest BCUT2D eigenvalue weighted by molar-refractivity contribution is -0.172. The fourth-order valence-corrected chi connectivity index (χ4v) is 4.29. The second-order valence-electron chi connectivity index (χ2n) is 8.23. The van der Waals surface area contributed by atoms with E-state index >= 15 is 0 Å². The largest absolute Gasteiger partial charge is 0.469 e. The van der Waals surface area contributed by atoms with E-state index in [1.165, 1.54) is 13.2 Å². The van der Waals surface area contributed by atoms with Crippen LogP contribution in [0, 0.1) is 5.41 Å². The van der Waals surface area contributed by atoms with Crippen molar-refractivity contribution < 1.29 is 32.2 Å². The van der Waals surface area contributed by atoms with E-state index in [9.17, 15) is 18.0 Å². The highest BCUT2D eigenvalue weighted by Crippen LogP contribution is 2.59. The first-order valence-electron chi connectivity index (χ1n) is 9.00. The Labute approximate surface area is 157 Å². The van der Waals surface area contributed by atoms with E-state index in [0.717, 1.165) is 25.0 Å². The Kier molecular flexibility index (Phi) is 4.84. The number of halogens is 3. The van der Waals surface area contributed by atoms with Gasteiger partial charge in [0.2, 0.25) is 0 Å². The summed E-state index contributed by atoms with van der Waals surface area (Å²) in [5.41, 5.74) is -2.33. The Morgan fingerprint density at radius 3 is 2.63 bits per heavy atom. The summed E-state index contributed by atoms with van der Waals surface area (Å²) in [6, 6.07) is 5.13. The number of fused-ring (bicyclic) bond motifs is 2. The van der Waals surface area contributed by atoms with Crippen LogP contribution < -0.4 is 0 Å². The molecule has 0 spiro atoms. The number of methoxy groups -OCH3 is 1. The predicted molar refractivity (Wildman–Crippen MR) is 91.9 cm³/mol. The van der Waals surface area contributed by atoms with E-state index in [-0.39, 0.29) is 18.7 Å². The van der Waals surface area contributed by atoms with E-state index in [1.807, 2.05) is 6.92 Å². The number of carbonyl (C=O) groups is 1. The quantitative estimate of drug-likeness (QED) is 0.699. The molecule has 3 atom stereocenters. The van der Waals surface area contributed by atoms with Gasteiger partial charge in [-0.25, -0.2) is 0 Å². The summed E-state index contributed by atoms with van der Waals surface area (Å²) >= 11 is 0. The van der Waals surface area contributed by atoms with Crippen LogP contribution in [0.3, 0.4) is 0 Å². The van der Waals surface area contributed by atoms with Crippen LogP contribution in [0.1, 0.15) is 51.2 Å². The average Bonchev–Trinajstić information content (AvgIpc) is 3.11. The molecule has 4 nitrogen and oxygen atoms in total. The van der Waals surface area contributed by atoms with Crippen LogP contribution >= 0.6 is 0 Å². The van der Waals surface area contributed by atoms with Gasteiger partial charge in [-0.05, 0) is 51.3 Å². The molecule has 0 N–H and O–H groups in total. The number of carbonyl (C=O) groups excluding carboxylic acids is 1. The average molecular weight is 386 g/mol. The molecular formula is C20H25F3O4. The van der Waals surface area contributed by atoms with Gasteiger partial charge in [-0.3, -0.25) is 4.79 Å². The number of hydrogen-bond donors (Lipinski definition) is 0. The van der Waals surface area contributed by atoms with Crippen LogP contribution in [0.15, 0.2) is 24.3 Å². The summed E-state index contributed by atoms with van der Waals surface area (Å²) in [5.74, 6) is -0.342. The van der Waals surface area contributed by atoms with E-state index in [0.29, 0.717) is 12.0 Å². The predicted octanol–water partition coefficient (Wildman–Crippen LogP) is 4.50. The lowest BCUT2D eigenvalue weighted by Gasteiger charge is -2.39. The van der Waals surface area contributed by atoms with Crippen molar-refractivity contribution in [2.75, 3.05) is 7.11 Å². The van der Waals surface area contributed by atoms with Gasteiger partial charge in [-0.2, -0.15) is 13.2 Å². The zero-order valence-electron chi connectivity index (χ0n) is 16.0. The van der Waals surface area contributed by atoms with Crippen LogP contribution in [0.4, 0.5) is 13.2 Å². The topological polar surface area (TPSA) is 44.8 Å². The Morgan fingerprint density at radius 2 is 2.00 bits per heavy atom. The molecule has 0 amide bonds. The first-order chi connectivity index (χ1) is 12.4. The van der Waals surface area contributed by atoms with E-state index in [4.69, 9.17) is 14.2 Å². The number of hydrogen-bond acceptors (Lipinski definition) is 4. The maximum absolute atomic E-state index is 12.9. The van der Waals surface area contributed by atoms with Gasteiger partial charge in [0, 0.05) is 6.42 Å². The highest BCUT2D eigenvalue weighted by atomic mass is 19.4. The number of rotatable bonds is 5. The Bertz CT molecular complexity index is 730. The van der Waals surface area contributed by atoms with Crippen molar-refractivity contribution in [3.05, 3.63) is 35.4 Å². The van der Waals surface area contributed by atoms with Crippen LogP contribution in [-0.2, 0) is 31.8 Å². The van der Waals surface area contributed by atoms with Crippen molar-refractivity contribution in [3.63, 3.8) is 0 Å². The third-order valence-electron chi connectivity index (χ3n) is 6.19. The number of ether oxygens (including phenoxy) is 3. The molecule has 0 unspecified atom stereocenters.